The second kappa shape index (κ2) is 7.91. The van der Waals surface area contributed by atoms with E-state index < -0.39 is 6.04 Å². The normalized spacial score (nSPS) is 12.3. The van der Waals surface area contributed by atoms with E-state index >= 15 is 0 Å². The molecule has 3 aromatic carbocycles. The molecule has 0 radical (unpaired) electrons. The lowest BCUT2D eigenvalue weighted by atomic mass is 10.0. The van der Waals surface area contributed by atoms with Gasteiger partial charge in [-0.1, -0.05) is 48.5 Å². The van der Waals surface area contributed by atoms with Gasteiger partial charge in [0, 0.05) is 11.3 Å². The van der Waals surface area contributed by atoms with E-state index in [0.717, 1.165) is 27.6 Å². The maximum absolute atomic E-state index is 12.4. The first-order valence-corrected chi connectivity index (χ1v) is 8.83. The van der Waals surface area contributed by atoms with Gasteiger partial charge in [0.15, 0.2) is 0 Å². The third-order valence-corrected chi connectivity index (χ3v) is 4.55. The summed E-state index contributed by atoms with van der Waals surface area (Å²) in [7, 11) is 0. The first kappa shape index (κ1) is 18.5. The fraction of sp³-hybridized carbons (Fsp3) is 0.182. The van der Waals surface area contributed by atoms with E-state index in [1.165, 1.54) is 6.21 Å². The summed E-state index contributed by atoms with van der Waals surface area (Å²) in [5, 5.41) is 19.3. The summed E-state index contributed by atoms with van der Waals surface area (Å²) in [6, 6.07) is 16.7. The first-order valence-electron chi connectivity index (χ1n) is 8.83. The largest absolute Gasteiger partial charge is 0.507 e. The second-order valence-corrected chi connectivity index (χ2v) is 6.59. The lowest BCUT2D eigenvalue weighted by molar-refractivity contribution is -0.121. The monoisotopic (exact) mass is 361 g/mol. The van der Waals surface area contributed by atoms with Crippen molar-refractivity contribution in [2.75, 3.05) is 5.32 Å². The highest BCUT2D eigenvalue weighted by molar-refractivity contribution is 6.02. The molecule has 0 aliphatic heterocycles. The van der Waals surface area contributed by atoms with Crippen LogP contribution in [0.2, 0.25) is 0 Å². The molecular formula is C22H23N3O2. The predicted molar refractivity (Wildman–Crippen MR) is 110 cm³/mol. The molecule has 1 amide bonds. The number of benzene rings is 3. The molecule has 0 fully saturated rings. The number of nitrogens with zero attached hydrogens (tertiary/aromatic N) is 1. The number of phenols is 1. The second-order valence-electron chi connectivity index (χ2n) is 6.59. The molecule has 0 heterocycles. The highest BCUT2D eigenvalue weighted by Crippen LogP contribution is 2.25. The Morgan fingerprint density at radius 3 is 2.48 bits per heavy atom. The van der Waals surface area contributed by atoms with Gasteiger partial charge in [0.1, 0.15) is 11.8 Å². The van der Waals surface area contributed by atoms with Crippen LogP contribution in [0.5, 0.6) is 5.75 Å². The Labute approximate surface area is 158 Å². The Morgan fingerprint density at radius 1 is 1.04 bits per heavy atom. The van der Waals surface area contributed by atoms with Crippen LogP contribution in [0.4, 0.5) is 5.69 Å². The smallest absolute Gasteiger partial charge is 0.262 e. The summed E-state index contributed by atoms with van der Waals surface area (Å²) in [5.74, 6) is -0.137. The summed E-state index contributed by atoms with van der Waals surface area (Å²) >= 11 is 0. The molecule has 1 atom stereocenters. The Hall–Kier alpha value is -3.34. The lowest BCUT2D eigenvalue weighted by Gasteiger charge is -2.17. The van der Waals surface area contributed by atoms with Crippen LogP contribution in [-0.2, 0) is 4.79 Å². The van der Waals surface area contributed by atoms with Crippen LogP contribution < -0.4 is 10.7 Å². The minimum absolute atomic E-state index is 0.119. The number of amides is 1. The number of hydrogen-bond donors (Lipinski definition) is 3. The molecule has 0 aliphatic rings. The van der Waals surface area contributed by atoms with Gasteiger partial charge in [0.25, 0.3) is 5.91 Å². The van der Waals surface area contributed by atoms with Crippen LogP contribution in [-0.4, -0.2) is 23.3 Å². The van der Waals surface area contributed by atoms with Crippen molar-refractivity contribution in [1.82, 2.24) is 5.43 Å². The van der Waals surface area contributed by atoms with Gasteiger partial charge in [0.2, 0.25) is 0 Å². The summed E-state index contributed by atoms with van der Waals surface area (Å²) < 4.78 is 0. The van der Waals surface area contributed by atoms with Gasteiger partial charge < -0.3 is 10.4 Å². The molecule has 5 nitrogen and oxygen atoms in total. The van der Waals surface area contributed by atoms with Gasteiger partial charge in [-0.3, -0.25) is 4.79 Å². The van der Waals surface area contributed by atoms with Crippen LogP contribution in [0, 0.1) is 13.8 Å². The Balaban J connectivity index is 1.71. The number of hydrogen-bond acceptors (Lipinski definition) is 4. The molecule has 0 bridgehead atoms. The average molecular weight is 361 g/mol. The fourth-order valence-corrected chi connectivity index (χ4v) is 3.00. The van der Waals surface area contributed by atoms with E-state index in [1.54, 1.807) is 13.0 Å². The number of aromatic hydroxyl groups is 1. The highest BCUT2D eigenvalue weighted by Gasteiger charge is 2.14. The third kappa shape index (κ3) is 4.08. The summed E-state index contributed by atoms with van der Waals surface area (Å²) in [4.78, 5) is 12.4. The van der Waals surface area contributed by atoms with E-state index in [2.05, 4.69) is 15.8 Å². The topological polar surface area (TPSA) is 73.7 Å². The van der Waals surface area contributed by atoms with Crippen LogP contribution in [0.3, 0.4) is 0 Å². The van der Waals surface area contributed by atoms with Gasteiger partial charge in [-0.15, -0.1) is 0 Å². The molecule has 138 valence electrons. The van der Waals surface area contributed by atoms with Gasteiger partial charge in [-0.25, -0.2) is 5.43 Å². The molecule has 0 spiro atoms. The fourth-order valence-electron chi connectivity index (χ4n) is 3.00. The molecule has 3 N–H and O–H groups in total. The molecule has 3 aromatic rings. The minimum atomic E-state index is -0.455. The van der Waals surface area contributed by atoms with Crippen LogP contribution in [0.25, 0.3) is 10.8 Å². The average Bonchev–Trinajstić information content (AvgIpc) is 2.66. The predicted octanol–water partition coefficient (Wildman–Crippen LogP) is 4.11. The lowest BCUT2D eigenvalue weighted by Crippen LogP contribution is -2.35. The first-order chi connectivity index (χ1) is 13.0. The molecule has 0 aliphatic carbocycles. The van der Waals surface area contributed by atoms with Crippen molar-refractivity contribution in [2.45, 2.75) is 26.8 Å². The van der Waals surface area contributed by atoms with Crippen LogP contribution in [0.1, 0.15) is 23.6 Å². The van der Waals surface area contributed by atoms with E-state index in [0.29, 0.717) is 5.56 Å². The maximum atomic E-state index is 12.4. The third-order valence-electron chi connectivity index (χ3n) is 4.55. The quantitative estimate of drug-likeness (QED) is 0.473. The number of phenolic OH excluding ortho intramolecular Hbond substituents is 1. The van der Waals surface area contributed by atoms with Gasteiger partial charge in [0.05, 0.1) is 6.21 Å². The van der Waals surface area contributed by atoms with Gasteiger partial charge in [-0.05, 0) is 48.7 Å². The number of hydrazone groups is 1. The Morgan fingerprint density at radius 2 is 1.74 bits per heavy atom. The van der Waals surface area contributed by atoms with Crippen molar-refractivity contribution in [1.29, 1.82) is 0 Å². The van der Waals surface area contributed by atoms with E-state index in [1.807, 2.05) is 62.4 Å². The number of aryl methyl sites for hydroxylation is 2. The molecule has 3 rings (SSSR count). The highest BCUT2D eigenvalue weighted by atomic mass is 16.3. The summed E-state index contributed by atoms with van der Waals surface area (Å²) in [6.45, 7) is 5.79. The van der Waals surface area contributed by atoms with E-state index in [-0.39, 0.29) is 11.7 Å². The molecule has 5 heteroatoms. The van der Waals surface area contributed by atoms with Crippen molar-refractivity contribution in [3.63, 3.8) is 0 Å². The number of anilines is 1. The molecule has 0 aromatic heterocycles. The molecule has 0 unspecified atom stereocenters. The van der Waals surface area contributed by atoms with Crippen LogP contribution in [0.15, 0.2) is 59.7 Å². The van der Waals surface area contributed by atoms with E-state index in [4.69, 9.17) is 0 Å². The molecule has 0 saturated carbocycles. The molecular weight excluding hydrogens is 338 g/mol. The standard InChI is InChI=1S/C22H23N3O2/c1-14-7-6-8-15(2)21(14)24-16(3)22(27)25-23-13-19-18-10-5-4-9-17(18)11-12-20(19)26/h4-13,16,24,26H,1-3H3,(H,25,27)/b23-13+/t16-/m0/s1. The Kier molecular flexibility index (Phi) is 5.41. The summed E-state index contributed by atoms with van der Waals surface area (Å²) in [6.07, 6.45) is 1.47. The van der Waals surface area contributed by atoms with E-state index in [9.17, 15) is 9.90 Å². The zero-order valence-corrected chi connectivity index (χ0v) is 15.7. The summed E-state index contributed by atoms with van der Waals surface area (Å²) in [5.41, 5.74) is 6.23. The van der Waals surface area contributed by atoms with Crippen molar-refractivity contribution < 1.29 is 9.90 Å². The number of carbonyl (C=O) groups is 1. The zero-order valence-electron chi connectivity index (χ0n) is 15.7. The number of para-hydroxylation sites is 1. The van der Waals surface area contributed by atoms with Crippen molar-refractivity contribution in [3.8, 4) is 5.75 Å². The SMILES string of the molecule is Cc1cccc(C)c1N[C@@H](C)C(=O)N/N=C/c1c(O)ccc2ccccc12. The van der Waals surface area contributed by atoms with Crippen LogP contribution >= 0.6 is 0 Å². The van der Waals surface area contributed by atoms with Crippen molar-refractivity contribution in [3.05, 3.63) is 71.3 Å². The van der Waals surface area contributed by atoms with Gasteiger partial charge >= 0.3 is 0 Å². The zero-order chi connectivity index (χ0) is 19.4. The number of carbonyl (C=O) groups excluding carboxylic acids is 1. The Bertz CT molecular complexity index is 991. The number of rotatable bonds is 5. The van der Waals surface area contributed by atoms with Crippen molar-refractivity contribution >= 4 is 28.6 Å². The van der Waals surface area contributed by atoms with Crippen molar-refractivity contribution in [2.24, 2.45) is 5.10 Å². The number of fused-ring (bicyclic) bond motifs is 1. The maximum Gasteiger partial charge on any atom is 0.262 e. The van der Waals surface area contributed by atoms with Gasteiger partial charge in [-0.2, -0.15) is 5.10 Å². The number of nitrogens with one attached hydrogen (secondary N) is 2. The molecule has 0 saturated heterocycles. The minimum Gasteiger partial charge on any atom is -0.507 e. The molecule has 27 heavy (non-hydrogen) atoms.